The molecule has 1 aromatic heterocycles. The number of nitrogens with one attached hydrogen (secondary N) is 1. The number of ether oxygens (including phenoxy) is 1. The van der Waals surface area contributed by atoms with Crippen molar-refractivity contribution in [3.05, 3.63) is 84.6 Å². The quantitative estimate of drug-likeness (QED) is 0.564. The maximum Gasteiger partial charge on any atom is 0.187 e. The summed E-state index contributed by atoms with van der Waals surface area (Å²) in [5.74, 6) is 1.52. The topological polar surface area (TPSA) is 70.8 Å². The molecule has 0 aliphatic rings. The minimum absolute atomic E-state index is 0.258. The van der Waals surface area contributed by atoms with Crippen LogP contribution in [0.25, 0.3) is 10.9 Å². The van der Waals surface area contributed by atoms with Gasteiger partial charge < -0.3 is 10.1 Å². The van der Waals surface area contributed by atoms with Crippen molar-refractivity contribution in [3.8, 4) is 17.6 Å². The van der Waals surface area contributed by atoms with E-state index in [9.17, 15) is 5.26 Å². The summed E-state index contributed by atoms with van der Waals surface area (Å²) in [6, 6.07) is 26.8. The van der Waals surface area contributed by atoms with E-state index in [1.54, 1.807) is 0 Å². The number of aromatic nitrogens is 2. The Balaban J connectivity index is 1.62. The molecule has 1 heterocycles. The minimum Gasteiger partial charge on any atom is -0.457 e. The maximum atomic E-state index is 9.35. The van der Waals surface area contributed by atoms with Gasteiger partial charge in [-0.15, -0.1) is 10.2 Å². The summed E-state index contributed by atoms with van der Waals surface area (Å²) in [6.07, 6.45) is 0. The molecule has 0 amide bonds. The molecule has 0 bridgehead atoms. The number of benzene rings is 3. The van der Waals surface area contributed by atoms with E-state index in [0.717, 1.165) is 28.1 Å². The van der Waals surface area contributed by atoms with Crippen LogP contribution in [0.1, 0.15) is 5.69 Å². The molecule has 0 saturated carbocycles. The number of nitrogens with zero attached hydrogens (tertiary/aromatic N) is 3. The fourth-order valence-corrected chi connectivity index (χ4v) is 2.63. The first-order valence-corrected chi connectivity index (χ1v) is 8.09. The number of rotatable bonds is 4. The monoisotopic (exact) mass is 338 g/mol. The maximum absolute atomic E-state index is 9.35. The van der Waals surface area contributed by atoms with Crippen molar-refractivity contribution in [1.82, 2.24) is 10.2 Å². The molecule has 0 spiro atoms. The van der Waals surface area contributed by atoms with Gasteiger partial charge in [0.2, 0.25) is 0 Å². The number of nitriles is 1. The van der Waals surface area contributed by atoms with Gasteiger partial charge in [0.15, 0.2) is 5.69 Å². The van der Waals surface area contributed by atoms with E-state index in [1.807, 2.05) is 78.9 Å². The molecule has 0 aliphatic carbocycles. The van der Waals surface area contributed by atoms with Crippen LogP contribution in [0.5, 0.6) is 11.5 Å². The third kappa shape index (κ3) is 3.17. The number of hydrogen-bond acceptors (Lipinski definition) is 5. The highest BCUT2D eigenvalue weighted by atomic mass is 16.5. The van der Waals surface area contributed by atoms with Crippen LogP contribution in [0.3, 0.4) is 0 Å². The normalized spacial score (nSPS) is 10.3. The predicted octanol–water partition coefficient (Wildman–Crippen LogP) is 5.04. The summed E-state index contributed by atoms with van der Waals surface area (Å²) in [6.45, 7) is 0. The third-order valence-electron chi connectivity index (χ3n) is 3.88. The third-order valence-corrected chi connectivity index (χ3v) is 3.88. The highest BCUT2D eigenvalue weighted by Gasteiger charge is 2.10. The molecule has 124 valence electrons. The molecule has 0 saturated heterocycles. The fourth-order valence-electron chi connectivity index (χ4n) is 2.63. The molecule has 26 heavy (non-hydrogen) atoms. The SMILES string of the molecule is N#Cc1nnc2ccccc2c1Nc1ccc(Oc2ccccc2)cc1. The second kappa shape index (κ2) is 6.91. The molecule has 0 unspecified atom stereocenters. The summed E-state index contributed by atoms with van der Waals surface area (Å²) < 4.78 is 5.80. The van der Waals surface area contributed by atoms with Crippen molar-refractivity contribution in [3.63, 3.8) is 0 Å². The van der Waals surface area contributed by atoms with Crippen LogP contribution in [-0.2, 0) is 0 Å². The Morgan fingerprint density at radius 2 is 1.46 bits per heavy atom. The summed E-state index contributed by atoms with van der Waals surface area (Å²) in [7, 11) is 0. The molecule has 4 aromatic rings. The average Bonchev–Trinajstić information content (AvgIpc) is 2.70. The van der Waals surface area contributed by atoms with E-state index in [4.69, 9.17) is 4.74 Å². The Kier molecular flexibility index (Phi) is 4.15. The van der Waals surface area contributed by atoms with E-state index in [-0.39, 0.29) is 5.69 Å². The molecule has 0 fully saturated rings. The lowest BCUT2D eigenvalue weighted by atomic mass is 10.1. The molecule has 0 radical (unpaired) electrons. The van der Waals surface area contributed by atoms with Crippen molar-refractivity contribution in [1.29, 1.82) is 5.26 Å². The highest BCUT2D eigenvalue weighted by Crippen LogP contribution is 2.29. The first-order chi connectivity index (χ1) is 12.8. The zero-order valence-electron chi connectivity index (χ0n) is 13.8. The van der Waals surface area contributed by atoms with Gasteiger partial charge in [-0.05, 0) is 42.5 Å². The Morgan fingerprint density at radius 1 is 0.769 bits per heavy atom. The smallest absolute Gasteiger partial charge is 0.187 e. The second-order valence-electron chi connectivity index (χ2n) is 5.62. The molecule has 0 atom stereocenters. The number of anilines is 2. The summed E-state index contributed by atoms with van der Waals surface area (Å²) in [5.41, 5.74) is 2.47. The minimum atomic E-state index is 0.258. The Morgan fingerprint density at radius 3 is 2.23 bits per heavy atom. The molecule has 1 N–H and O–H groups in total. The molecule has 3 aromatic carbocycles. The van der Waals surface area contributed by atoms with E-state index in [1.165, 1.54) is 0 Å². The average molecular weight is 338 g/mol. The Labute approximate surface area is 150 Å². The van der Waals surface area contributed by atoms with Gasteiger partial charge in [0, 0.05) is 11.1 Å². The molecule has 5 heteroatoms. The lowest BCUT2D eigenvalue weighted by Crippen LogP contribution is -1.99. The van der Waals surface area contributed by atoms with Gasteiger partial charge >= 0.3 is 0 Å². The fraction of sp³-hybridized carbons (Fsp3) is 0. The number of para-hydroxylation sites is 1. The largest absolute Gasteiger partial charge is 0.457 e. The van der Waals surface area contributed by atoms with Crippen LogP contribution in [0.2, 0.25) is 0 Å². The first-order valence-electron chi connectivity index (χ1n) is 8.09. The van der Waals surface area contributed by atoms with Crippen LogP contribution < -0.4 is 10.1 Å². The standard InChI is InChI=1S/C21H14N4O/c22-14-20-21(18-8-4-5-9-19(18)24-25-20)23-15-10-12-17(13-11-15)26-16-6-2-1-3-7-16/h1-13H,(H,23,24). The van der Waals surface area contributed by atoms with Crippen molar-refractivity contribution in [2.24, 2.45) is 0 Å². The van der Waals surface area contributed by atoms with E-state index < -0.39 is 0 Å². The van der Waals surface area contributed by atoms with Crippen molar-refractivity contribution in [2.45, 2.75) is 0 Å². The first kappa shape index (κ1) is 15.6. The highest BCUT2D eigenvalue weighted by molar-refractivity contribution is 5.94. The van der Waals surface area contributed by atoms with Gasteiger partial charge in [-0.2, -0.15) is 5.26 Å². The number of fused-ring (bicyclic) bond motifs is 1. The summed E-state index contributed by atoms with van der Waals surface area (Å²) >= 11 is 0. The molecule has 4 rings (SSSR count). The zero-order valence-corrected chi connectivity index (χ0v) is 13.8. The lowest BCUT2D eigenvalue weighted by molar-refractivity contribution is 0.483. The van der Waals surface area contributed by atoms with Crippen LogP contribution >= 0.6 is 0 Å². The molecule has 0 aliphatic heterocycles. The van der Waals surface area contributed by atoms with Gasteiger partial charge in [-0.1, -0.05) is 36.4 Å². The van der Waals surface area contributed by atoms with Crippen LogP contribution in [0.15, 0.2) is 78.9 Å². The predicted molar refractivity (Wildman–Crippen MR) is 100 cm³/mol. The zero-order chi connectivity index (χ0) is 17.8. The van der Waals surface area contributed by atoms with Crippen LogP contribution in [-0.4, -0.2) is 10.2 Å². The number of hydrogen-bond donors (Lipinski definition) is 1. The van der Waals surface area contributed by atoms with E-state index >= 15 is 0 Å². The van der Waals surface area contributed by atoms with Crippen LogP contribution in [0.4, 0.5) is 11.4 Å². The van der Waals surface area contributed by atoms with Gasteiger partial charge in [0.1, 0.15) is 17.6 Å². The second-order valence-corrected chi connectivity index (χ2v) is 5.62. The Hall–Kier alpha value is -3.91. The lowest BCUT2D eigenvalue weighted by Gasteiger charge is -2.11. The Bertz CT molecular complexity index is 1090. The molecular formula is C21H14N4O. The summed E-state index contributed by atoms with van der Waals surface area (Å²) in [4.78, 5) is 0. The van der Waals surface area contributed by atoms with Crippen molar-refractivity contribution in [2.75, 3.05) is 5.32 Å². The molecule has 5 nitrogen and oxygen atoms in total. The summed E-state index contributed by atoms with van der Waals surface area (Å²) in [5, 5.41) is 21.6. The van der Waals surface area contributed by atoms with E-state index in [0.29, 0.717) is 5.69 Å². The van der Waals surface area contributed by atoms with Crippen molar-refractivity contribution >= 4 is 22.3 Å². The van der Waals surface area contributed by atoms with Gasteiger partial charge in [-0.3, -0.25) is 0 Å². The van der Waals surface area contributed by atoms with Gasteiger partial charge in [-0.25, -0.2) is 0 Å². The van der Waals surface area contributed by atoms with E-state index in [2.05, 4.69) is 21.6 Å². The van der Waals surface area contributed by atoms with Gasteiger partial charge in [0.25, 0.3) is 0 Å². The van der Waals surface area contributed by atoms with Gasteiger partial charge in [0.05, 0.1) is 11.2 Å². The molecular weight excluding hydrogens is 324 g/mol. The van der Waals surface area contributed by atoms with Crippen molar-refractivity contribution < 1.29 is 4.74 Å². The van der Waals surface area contributed by atoms with Crippen LogP contribution in [0, 0.1) is 11.3 Å².